The Morgan fingerprint density at radius 3 is 2.41 bits per heavy atom. The monoisotopic (exact) mass is 391 g/mol. The van der Waals surface area contributed by atoms with Crippen LogP contribution in [0.25, 0.3) is 0 Å². The number of methoxy groups -OCH3 is 2. The van der Waals surface area contributed by atoms with Crippen molar-refractivity contribution in [2.45, 2.75) is 6.92 Å². The minimum Gasteiger partial charge on any atom is -0.495 e. The highest BCUT2D eigenvalue weighted by molar-refractivity contribution is 6.32. The van der Waals surface area contributed by atoms with Crippen LogP contribution in [0, 0.1) is 0 Å². The van der Waals surface area contributed by atoms with Crippen LogP contribution in [0.1, 0.15) is 6.92 Å². The number of hydrogen-bond donors (Lipinski definition) is 1. The topological polar surface area (TPSA) is 79.8 Å². The van der Waals surface area contributed by atoms with E-state index >= 15 is 0 Å². The third-order valence-corrected chi connectivity index (χ3v) is 4.73. The summed E-state index contributed by atoms with van der Waals surface area (Å²) in [4.78, 5) is 24.1. The van der Waals surface area contributed by atoms with Gasteiger partial charge in [0.2, 0.25) is 5.91 Å². The van der Waals surface area contributed by atoms with E-state index in [0.717, 1.165) is 18.9 Å². The van der Waals surface area contributed by atoms with Crippen LogP contribution in [0.3, 0.4) is 0 Å². The average molecular weight is 392 g/mol. The fourth-order valence-corrected chi connectivity index (χ4v) is 3.17. The number of hydrogen-bond acceptors (Lipinski definition) is 7. The van der Waals surface area contributed by atoms with E-state index in [1.54, 1.807) is 33.3 Å². The molecule has 1 amide bonds. The standard InChI is InChI=1S/C18H22ClN5O3/c1-12(25)23-4-6-24(7-5-23)18-10-17(20-11-21-18)22-14-9-15(26-2)13(19)8-16(14)27-3/h8-11H,4-7H2,1-3H3,(H,20,21,22). The Hall–Kier alpha value is -2.74. The highest BCUT2D eigenvalue weighted by Crippen LogP contribution is 2.37. The maximum Gasteiger partial charge on any atom is 0.219 e. The van der Waals surface area contributed by atoms with Gasteiger partial charge in [-0.1, -0.05) is 11.6 Å². The smallest absolute Gasteiger partial charge is 0.219 e. The second kappa shape index (κ2) is 8.30. The lowest BCUT2D eigenvalue weighted by Crippen LogP contribution is -2.48. The molecule has 0 aliphatic carbocycles. The minimum atomic E-state index is 0.100. The molecular weight excluding hydrogens is 370 g/mol. The van der Waals surface area contributed by atoms with Gasteiger partial charge in [0.1, 0.15) is 29.5 Å². The van der Waals surface area contributed by atoms with Crippen molar-refractivity contribution in [3.8, 4) is 11.5 Å². The van der Waals surface area contributed by atoms with Crippen molar-refractivity contribution < 1.29 is 14.3 Å². The number of piperazine rings is 1. The molecule has 8 nitrogen and oxygen atoms in total. The van der Waals surface area contributed by atoms with Gasteiger partial charge in [-0.15, -0.1) is 0 Å². The molecular formula is C18H22ClN5O3. The number of nitrogens with zero attached hydrogens (tertiary/aromatic N) is 4. The number of halogens is 1. The molecule has 3 rings (SSSR count). The molecule has 2 heterocycles. The number of ether oxygens (including phenoxy) is 2. The van der Waals surface area contributed by atoms with Crippen molar-refractivity contribution >= 4 is 34.8 Å². The van der Waals surface area contributed by atoms with Crippen molar-refractivity contribution in [2.75, 3.05) is 50.6 Å². The molecule has 1 aliphatic rings. The lowest BCUT2D eigenvalue weighted by atomic mass is 10.2. The highest BCUT2D eigenvalue weighted by Gasteiger charge is 2.20. The van der Waals surface area contributed by atoms with Crippen LogP contribution in [0.15, 0.2) is 24.5 Å². The quantitative estimate of drug-likeness (QED) is 0.838. The van der Waals surface area contributed by atoms with Crippen LogP contribution in [0.4, 0.5) is 17.3 Å². The van der Waals surface area contributed by atoms with E-state index in [2.05, 4.69) is 20.2 Å². The summed E-state index contributed by atoms with van der Waals surface area (Å²) in [6, 6.07) is 5.31. The van der Waals surface area contributed by atoms with Crippen LogP contribution in [0.2, 0.25) is 5.02 Å². The van der Waals surface area contributed by atoms with Gasteiger partial charge in [-0.2, -0.15) is 0 Å². The lowest BCUT2D eigenvalue weighted by molar-refractivity contribution is -0.129. The van der Waals surface area contributed by atoms with Crippen molar-refractivity contribution in [1.82, 2.24) is 14.9 Å². The molecule has 2 aromatic rings. The zero-order valence-corrected chi connectivity index (χ0v) is 16.3. The maximum absolute atomic E-state index is 11.5. The Kier molecular flexibility index (Phi) is 5.85. The molecule has 0 radical (unpaired) electrons. The van der Waals surface area contributed by atoms with Crippen LogP contribution in [-0.2, 0) is 4.79 Å². The zero-order chi connectivity index (χ0) is 19.4. The minimum absolute atomic E-state index is 0.100. The summed E-state index contributed by atoms with van der Waals surface area (Å²) in [5.41, 5.74) is 0.685. The molecule has 1 aliphatic heterocycles. The third kappa shape index (κ3) is 4.33. The number of carbonyl (C=O) groups is 1. The molecule has 27 heavy (non-hydrogen) atoms. The van der Waals surface area contributed by atoms with Crippen molar-refractivity contribution in [3.63, 3.8) is 0 Å². The van der Waals surface area contributed by atoms with Gasteiger partial charge in [0, 0.05) is 51.3 Å². The first kappa shape index (κ1) is 19.0. The summed E-state index contributed by atoms with van der Waals surface area (Å²) in [6.07, 6.45) is 1.51. The normalized spacial score (nSPS) is 14.1. The number of nitrogens with one attached hydrogen (secondary N) is 1. The summed E-state index contributed by atoms with van der Waals surface area (Å²) < 4.78 is 10.7. The number of amides is 1. The molecule has 0 atom stereocenters. The molecule has 0 unspecified atom stereocenters. The SMILES string of the molecule is COc1cc(Nc2cc(N3CCN(C(C)=O)CC3)ncn2)c(OC)cc1Cl. The Morgan fingerprint density at radius 1 is 1.07 bits per heavy atom. The van der Waals surface area contributed by atoms with Gasteiger partial charge in [0.15, 0.2) is 0 Å². The first-order valence-corrected chi connectivity index (χ1v) is 8.90. The summed E-state index contributed by atoms with van der Waals surface area (Å²) in [7, 11) is 3.13. The summed E-state index contributed by atoms with van der Waals surface area (Å²) >= 11 is 6.15. The number of rotatable bonds is 5. The van der Waals surface area contributed by atoms with E-state index in [1.807, 2.05) is 11.0 Å². The van der Waals surface area contributed by atoms with E-state index in [-0.39, 0.29) is 5.91 Å². The van der Waals surface area contributed by atoms with E-state index in [0.29, 0.717) is 41.1 Å². The van der Waals surface area contributed by atoms with E-state index in [9.17, 15) is 4.79 Å². The molecule has 1 saturated heterocycles. The van der Waals surface area contributed by atoms with Crippen molar-refractivity contribution in [3.05, 3.63) is 29.5 Å². The lowest BCUT2D eigenvalue weighted by Gasteiger charge is -2.34. The van der Waals surface area contributed by atoms with Crippen LogP contribution in [-0.4, -0.2) is 61.2 Å². The molecule has 1 fully saturated rings. The predicted molar refractivity (Wildman–Crippen MR) is 104 cm³/mol. The van der Waals surface area contributed by atoms with Gasteiger partial charge in [-0.05, 0) is 0 Å². The molecule has 1 aromatic heterocycles. The maximum atomic E-state index is 11.5. The van der Waals surface area contributed by atoms with E-state index < -0.39 is 0 Å². The fourth-order valence-electron chi connectivity index (χ4n) is 2.93. The van der Waals surface area contributed by atoms with Crippen LogP contribution >= 0.6 is 11.6 Å². The Bertz CT molecular complexity index is 825. The van der Waals surface area contributed by atoms with Gasteiger partial charge in [-0.25, -0.2) is 9.97 Å². The second-order valence-corrected chi connectivity index (χ2v) is 6.47. The van der Waals surface area contributed by atoms with Crippen molar-refractivity contribution in [1.29, 1.82) is 0 Å². The molecule has 9 heteroatoms. The summed E-state index contributed by atoms with van der Waals surface area (Å²) in [5, 5.41) is 3.69. The summed E-state index contributed by atoms with van der Waals surface area (Å²) in [6.45, 7) is 4.42. The van der Waals surface area contributed by atoms with Gasteiger partial charge in [-0.3, -0.25) is 4.79 Å². The average Bonchev–Trinajstić information content (AvgIpc) is 2.69. The highest BCUT2D eigenvalue weighted by atomic mass is 35.5. The van der Waals surface area contributed by atoms with Crippen molar-refractivity contribution in [2.24, 2.45) is 0 Å². The van der Waals surface area contributed by atoms with Crippen LogP contribution < -0.4 is 19.7 Å². The number of carbonyl (C=O) groups excluding carboxylic acids is 1. The molecule has 0 saturated carbocycles. The molecule has 0 bridgehead atoms. The Labute approximate surface area is 163 Å². The zero-order valence-electron chi connectivity index (χ0n) is 15.5. The fraction of sp³-hybridized carbons (Fsp3) is 0.389. The third-order valence-electron chi connectivity index (χ3n) is 4.44. The first-order valence-electron chi connectivity index (χ1n) is 8.53. The van der Waals surface area contributed by atoms with Gasteiger partial charge < -0.3 is 24.6 Å². The second-order valence-electron chi connectivity index (χ2n) is 6.07. The number of aromatic nitrogens is 2. The largest absolute Gasteiger partial charge is 0.495 e. The Morgan fingerprint density at radius 2 is 1.78 bits per heavy atom. The number of anilines is 3. The molecule has 1 N–H and O–H groups in total. The molecule has 1 aromatic carbocycles. The van der Waals surface area contributed by atoms with Crippen LogP contribution in [0.5, 0.6) is 11.5 Å². The Balaban J connectivity index is 1.78. The number of benzene rings is 1. The predicted octanol–water partition coefficient (Wildman–Crippen LogP) is 2.56. The molecule has 144 valence electrons. The van der Waals surface area contributed by atoms with Gasteiger partial charge in [0.05, 0.1) is 24.9 Å². The summed E-state index contributed by atoms with van der Waals surface area (Å²) in [5.74, 6) is 2.64. The van der Waals surface area contributed by atoms with E-state index in [4.69, 9.17) is 21.1 Å². The van der Waals surface area contributed by atoms with E-state index in [1.165, 1.54) is 6.33 Å². The first-order chi connectivity index (χ1) is 13.0. The van der Waals surface area contributed by atoms with Gasteiger partial charge >= 0.3 is 0 Å². The molecule has 0 spiro atoms. The van der Waals surface area contributed by atoms with Gasteiger partial charge in [0.25, 0.3) is 0 Å².